The van der Waals surface area contributed by atoms with Crippen molar-refractivity contribution in [3.05, 3.63) is 72.6 Å². The number of hydrogen-bond donors (Lipinski definition) is 0. The molecule has 0 N–H and O–H groups in total. The number of allylic oxidation sites excluding steroid dienone is 2. The van der Waals surface area contributed by atoms with Gasteiger partial charge in [-0.3, -0.25) is 4.79 Å². The molecule has 0 unspecified atom stereocenters. The second kappa shape index (κ2) is 18.1. The molecule has 0 saturated heterocycles. The van der Waals surface area contributed by atoms with E-state index in [2.05, 4.69) is 43.7 Å². The summed E-state index contributed by atoms with van der Waals surface area (Å²) in [4.78, 5) is 21.5. The Kier molecular flexibility index (Phi) is 14.1. The predicted molar refractivity (Wildman–Crippen MR) is 169 cm³/mol. The largest absolute Gasteiger partial charge is 0.494 e. The molecule has 5 heteroatoms. The number of hydrogen-bond acceptors (Lipinski definition) is 5. The topological polar surface area (TPSA) is 61.3 Å². The maximum absolute atomic E-state index is 12.3. The van der Waals surface area contributed by atoms with Gasteiger partial charge in [0.15, 0.2) is 5.82 Å². The zero-order chi connectivity index (χ0) is 29.3. The molecule has 220 valence electrons. The molecule has 1 aromatic heterocycles. The number of rotatable bonds is 18. The van der Waals surface area contributed by atoms with Crippen molar-refractivity contribution in [1.82, 2.24) is 9.97 Å². The lowest BCUT2D eigenvalue weighted by molar-refractivity contribution is -0.135. The molecule has 0 radical (unpaired) electrons. The van der Waals surface area contributed by atoms with Gasteiger partial charge in [0.1, 0.15) is 11.5 Å². The lowest BCUT2D eigenvalue weighted by Crippen LogP contribution is -2.12. The first-order valence-electron chi connectivity index (χ1n) is 15.4. The maximum Gasteiger partial charge on any atom is 0.311 e. The number of aromatic nitrogens is 2. The van der Waals surface area contributed by atoms with Crippen molar-refractivity contribution in [1.29, 1.82) is 0 Å². The summed E-state index contributed by atoms with van der Waals surface area (Å²) in [6, 6.07) is 15.5. The lowest BCUT2D eigenvalue weighted by Gasteiger charge is -2.10. The molecule has 0 fully saturated rings. The third-order valence-electron chi connectivity index (χ3n) is 7.18. The SMILES string of the molecule is CCCCCCCCCCOc1ccc(-c2ncc(-c3ccc(OC(=O)C[C@@H](C)CCC=C(C)C)cc3)cn2)cc1. The summed E-state index contributed by atoms with van der Waals surface area (Å²) in [7, 11) is 0. The average Bonchev–Trinajstić information content (AvgIpc) is 2.97. The molecule has 41 heavy (non-hydrogen) atoms. The third kappa shape index (κ3) is 12.3. The van der Waals surface area contributed by atoms with E-state index >= 15 is 0 Å². The highest BCUT2D eigenvalue weighted by Gasteiger charge is 2.11. The highest BCUT2D eigenvalue weighted by Crippen LogP contribution is 2.25. The van der Waals surface area contributed by atoms with Crippen molar-refractivity contribution >= 4 is 5.97 Å². The average molecular weight is 557 g/mol. The van der Waals surface area contributed by atoms with Crippen molar-refractivity contribution in [3.63, 3.8) is 0 Å². The summed E-state index contributed by atoms with van der Waals surface area (Å²) in [6.07, 6.45) is 18.6. The lowest BCUT2D eigenvalue weighted by atomic mass is 10.0. The van der Waals surface area contributed by atoms with E-state index < -0.39 is 0 Å². The number of unbranched alkanes of at least 4 members (excludes halogenated alkanes) is 7. The monoisotopic (exact) mass is 556 g/mol. The van der Waals surface area contributed by atoms with Crippen molar-refractivity contribution in [2.75, 3.05) is 6.61 Å². The van der Waals surface area contributed by atoms with Gasteiger partial charge in [0.25, 0.3) is 0 Å². The minimum absolute atomic E-state index is 0.195. The Bertz CT molecular complexity index is 1180. The highest BCUT2D eigenvalue weighted by atomic mass is 16.5. The maximum atomic E-state index is 12.3. The minimum atomic E-state index is -0.195. The molecule has 0 aliphatic heterocycles. The Morgan fingerprint density at radius 1 is 0.780 bits per heavy atom. The van der Waals surface area contributed by atoms with Gasteiger partial charge in [0.2, 0.25) is 0 Å². The number of carbonyl (C=O) groups excluding carboxylic acids is 1. The van der Waals surface area contributed by atoms with Crippen LogP contribution >= 0.6 is 0 Å². The molecular formula is C36H48N2O3. The highest BCUT2D eigenvalue weighted by molar-refractivity contribution is 5.73. The molecule has 1 heterocycles. The zero-order valence-corrected chi connectivity index (χ0v) is 25.5. The van der Waals surface area contributed by atoms with Gasteiger partial charge in [0, 0.05) is 29.9 Å². The fraction of sp³-hybridized carbons (Fsp3) is 0.472. The van der Waals surface area contributed by atoms with Crippen LogP contribution in [0.3, 0.4) is 0 Å². The first-order valence-corrected chi connectivity index (χ1v) is 15.4. The molecular weight excluding hydrogens is 508 g/mol. The first kappa shape index (κ1) is 32.0. The van der Waals surface area contributed by atoms with E-state index in [1.165, 1.54) is 50.5 Å². The van der Waals surface area contributed by atoms with E-state index in [4.69, 9.17) is 9.47 Å². The molecule has 3 rings (SSSR count). The predicted octanol–water partition coefficient (Wildman–Crippen LogP) is 10.0. The van der Waals surface area contributed by atoms with Crippen LogP contribution in [0.1, 0.15) is 98.3 Å². The molecule has 0 aliphatic rings. The van der Waals surface area contributed by atoms with Crippen LogP contribution in [0.4, 0.5) is 0 Å². The Balaban J connectivity index is 1.42. The van der Waals surface area contributed by atoms with E-state index in [0.717, 1.165) is 48.3 Å². The smallest absolute Gasteiger partial charge is 0.311 e. The van der Waals surface area contributed by atoms with Gasteiger partial charge in [-0.15, -0.1) is 0 Å². The molecule has 0 bridgehead atoms. The molecule has 2 aromatic carbocycles. The minimum Gasteiger partial charge on any atom is -0.494 e. The van der Waals surface area contributed by atoms with Crippen LogP contribution in [0.25, 0.3) is 22.5 Å². The van der Waals surface area contributed by atoms with Gasteiger partial charge >= 0.3 is 5.97 Å². The van der Waals surface area contributed by atoms with Crippen LogP contribution in [0, 0.1) is 5.92 Å². The second-order valence-corrected chi connectivity index (χ2v) is 11.3. The summed E-state index contributed by atoms with van der Waals surface area (Å²) < 4.78 is 11.5. The van der Waals surface area contributed by atoms with Gasteiger partial charge < -0.3 is 9.47 Å². The number of carbonyl (C=O) groups is 1. The third-order valence-corrected chi connectivity index (χ3v) is 7.18. The van der Waals surface area contributed by atoms with E-state index in [-0.39, 0.29) is 11.9 Å². The summed E-state index contributed by atoms with van der Waals surface area (Å²) in [6.45, 7) is 9.29. The van der Waals surface area contributed by atoms with Crippen LogP contribution < -0.4 is 9.47 Å². The van der Waals surface area contributed by atoms with E-state index in [9.17, 15) is 4.79 Å². The first-order chi connectivity index (χ1) is 19.9. The normalized spacial score (nSPS) is 11.6. The Hall–Kier alpha value is -3.47. The molecule has 0 saturated carbocycles. The molecule has 0 spiro atoms. The second-order valence-electron chi connectivity index (χ2n) is 11.3. The number of nitrogens with zero attached hydrogens (tertiary/aromatic N) is 2. The Labute approximate surface area is 247 Å². The Morgan fingerprint density at radius 3 is 2.00 bits per heavy atom. The van der Waals surface area contributed by atoms with Crippen LogP contribution in [0.5, 0.6) is 11.5 Å². The molecule has 0 aliphatic carbocycles. The summed E-state index contributed by atoms with van der Waals surface area (Å²) in [5, 5.41) is 0. The fourth-order valence-corrected chi connectivity index (χ4v) is 4.68. The van der Waals surface area contributed by atoms with Crippen molar-refractivity contribution in [3.8, 4) is 34.0 Å². The number of esters is 1. The van der Waals surface area contributed by atoms with Crippen LogP contribution in [-0.4, -0.2) is 22.5 Å². The van der Waals surface area contributed by atoms with Gasteiger partial charge in [-0.2, -0.15) is 0 Å². The molecule has 1 atom stereocenters. The van der Waals surface area contributed by atoms with Crippen molar-refractivity contribution in [2.45, 2.75) is 98.3 Å². The standard InChI is InChI=1S/C36H48N2O3/c1-5-6-7-8-9-10-11-12-24-40-33-20-18-31(19-21-33)36-37-26-32(27-38-36)30-16-22-34(23-17-30)41-35(39)25-29(4)15-13-14-28(2)3/h14,16-23,26-27,29H,5-13,15,24-25H2,1-4H3/t29-/m0/s1. The van der Waals surface area contributed by atoms with E-state index in [1.54, 1.807) is 0 Å². The van der Waals surface area contributed by atoms with Crippen molar-refractivity contribution < 1.29 is 14.3 Å². The summed E-state index contributed by atoms with van der Waals surface area (Å²) in [5.74, 6) is 2.20. The van der Waals surface area contributed by atoms with Gasteiger partial charge in [-0.1, -0.05) is 82.6 Å². The van der Waals surface area contributed by atoms with E-state index in [0.29, 0.717) is 18.0 Å². The van der Waals surface area contributed by atoms with E-state index in [1.807, 2.05) is 60.9 Å². The van der Waals surface area contributed by atoms with Gasteiger partial charge in [-0.25, -0.2) is 9.97 Å². The van der Waals surface area contributed by atoms with Crippen LogP contribution in [0.2, 0.25) is 0 Å². The van der Waals surface area contributed by atoms with Gasteiger partial charge in [-0.05, 0) is 81.0 Å². The fourth-order valence-electron chi connectivity index (χ4n) is 4.68. The van der Waals surface area contributed by atoms with Gasteiger partial charge in [0.05, 0.1) is 6.61 Å². The van der Waals surface area contributed by atoms with Crippen LogP contribution in [-0.2, 0) is 4.79 Å². The van der Waals surface area contributed by atoms with Crippen molar-refractivity contribution in [2.24, 2.45) is 5.92 Å². The quantitative estimate of drug-likeness (QED) is 0.0675. The molecule has 5 nitrogen and oxygen atoms in total. The molecule has 3 aromatic rings. The Morgan fingerprint density at radius 2 is 1.37 bits per heavy atom. The zero-order valence-electron chi connectivity index (χ0n) is 25.5. The number of benzene rings is 2. The summed E-state index contributed by atoms with van der Waals surface area (Å²) >= 11 is 0. The molecule has 0 amide bonds. The number of ether oxygens (including phenoxy) is 2. The summed E-state index contributed by atoms with van der Waals surface area (Å²) in [5.41, 5.74) is 4.14. The van der Waals surface area contributed by atoms with Crippen LogP contribution in [0.15, 0.2) is 72.6 Å².